The molecule has 0 radical (unpaired) electrons. The van der Waals surface area contributed by atoms with E-state index >= 15 is 0 Å². The highest BCUT2D eigenvalue weighted by atomic mass is 16.3. The summed E-state index contributed by atoms with van der Waals surface area (Å²) in [7, 11) is 0. The molecule has 0 aliphatic carbocycles. The molecular weight excluding hydrogens is 192 g/mol. The number of hydrogen-bond acceptors (Lipinski definition) is 4. The molecule has 1 unspecified atom stereocenters. The van der Waals surface area contributed by atoms with Crippen molar-refractivity contribution in [1.82, 2.24) is 5.32 Å². The molecule has 1 heterocycles. The predicted molar refractivity (Wildman–Crippen MR) is 59.3 cm³/mol. The largest absolute Gasteiger partial charge is 0.369 e. The van der Waals surface area contributed by atoms with Gasteiger partial charge in [0.05, 0.1) is 5.54 Å². The highest BCUT2D eigenvalue weighted by Crippen LogP contribution is 2.26. The van der Waals surface area contributed by atoms with Gasteiger partial charge in [0.2, 0.25) is 0 Å². The summed E-state index contributed by atoms with van der Waals surface area (Å²) in [5, 5.41) is 13.0. The van der Waals surface area contributed by atoms with Gasteiger partial charge >= 0.3 is 0 Å². The number of carbonyl (C=O) groups is 1. The van der Waals surface area contributed by atoms with Gasteiger partial charge in [-0.2, -0.15) is 0 Å². The van der Waals surface area contributed by atoms with Crippen molar-refractivity contribution < 1.29 is 9.90 Å². The van der Waals surface area contributed by atoms with Gasteiger partial charge in [-0.25, -0.2) is 0 Å². The van der Waals surface area contributed by atoms with Gasteiger partial charge in [-0.05, 0) is 32.2 Å². The fourth-order valence-electron chi connectivity index (χ4n) is 2.23. The van der Waals surface area contributed by atoms with Crippen molar-refractivity contribution in [2.75, 3.05) is 6.54 Å². The molecule has 1 saturated heterocycles. The molecule has 4 heteroatoms. The Morgan fingerprint density at radius 3 is 2.67 bits per heavy atom. The molecule has 0 aromatic carbocycles. The van der Waals surface area contributed by atoms with Crippen LogP contribution < -0.4 is 11.1 Å². The minimum Gasteiger partial charge on any atom is -0.369 e. The van der Waals surface area contributed by atoms with Crippen LogP contribution in [-0.4, -0.2) is 28.7 Å². The van der Waals surface area contributed by atoms with Crippen LogP contribution >= 0.6 is 0 Å². The first-order chi connectivity index (χ1) is 6.98. The van der Waals surface area contributed by atoms with Crippen LogP contribution in [0.25, 0.3) is 0 Å². The van der Waals surface area contributed by atoms with E-state index in [1.807, 2.05) is 13.8 Å². The molecule has 1 aliphatic heterocycles. The monoisotopic (exact) mass is 214 g/mol. The number of nitrogens with one attached hydrogen (secondary N) is 1. The van der Waals surface area contributed by atoms with E-state index in [1.54, 1.807) is 0 Å². The van der Waals surface area contributed by atoms with Crippen LogP contribution in [-0.2, 0) is 4.79 Å². The lowest BCUT2D eigenvalue weighted by Crippen LogP contribution is -2.61. The maximum Gasteiger partial charge on any atom is 0.198 e. The number of hydrogen-bond donors (Lipinski definition) is 3. The maximum absolute atomic E-state index is 12.2. The average Bonchev–Trinajstić information content (AvgIpc) is 2.65. The third-order valence-electron chi connectivity index (χ3n) is 3.29. The van der Waals surface area contributed by atoms with Crippen LogP contribution in [0, 0.1) is 0 Å². The number of ketones is 1. The van der Waals surface area contributed by atoms with E-state index in [9.17, 15) is 9.90 Å². The van der Waals surface area contributed by atoms with Gasteiger partial charge in [0.15, 0.2) is 11.5 Å². The molecule has 0 amide bonds. The third kappa shape index (κ3) is 2.38. The Balaban J connectivity index is 2.80. The highest BCUT2D eigenvalue weighted by molar-refractivity contribution is 5.95. The van der Waals surface area contributed by atoms with E-state index in [2.05, 4.69) is 5.32 Å². The second-order valence-corrected chi connectivity index (χ2v) is 4.48. The molecule has 1 rings (SSSR count). The second-order valence-electron chi connectivity index (χ2n) is 4.48. The van der Waals surface area contributed by atoms with E-state index in [1.165, 1.54) is 0 Å². The molecule has 1 aliphatic rings. The standard InChI is InChI=1S/C11H22N2O2/c1-3-6-10(12,4-2)9(14)11(15)7-5-8-13-11/h13,15H,3-8,12H2,1-2H3/t10?,11-/m0/s1. The normalized spacial score (nSPS) is 30.1. The molecule has 1 fully saturated rings. The van der Waals surface area contributed by atoms with Crippen molar-refractivity contribution >= 4 is 5.78 Å². The summed E-state index contributed by atoms with van der Waals surface area (Å²) in [6, 6.07) is 0. The summed E-state index contributed by atoms with van der Waals surface area (Å²) < 4.78 is 0. The Morgan fingerprint density at radius 1 is 1.60 bits per heavy atom. The number of aliphatic hydroxyl groups is 1. The Labute approximate surface area is 91.2 Å². The SMILES string of the molecule is CCCC(N)(CC)C(=O)[C@@]1(O)CCCN1. The maximum atomic E-state index is 12.2. The van der Waals surface area contributed by atoms with E-state index in [0.29, 0.717) is 25.8 Å². The first kappa shape index (κ1) is 12.6. The molecule has 0 aromatic rings. The summed E-state index contributed by atoms with van der Waals surface area (Å²) in [4.78, 5) is 12.2. The van der Waals surface area contributed by atoms with Gasteiger partial charge in [-0.3, -0.25) is 10.1 Å². The minimum atomic E-state index is -1.38. The lowest BCUT2D eigenvalue weighted by Gasteiger charge is -2.33. The minimum absolute atomic E-state index is 0.239. The predicted octanol–water partition coefficient (Wildman–Crippen LogP) is 0.535. The van der Waals surface area contributed by atoms with E-state index in [0.717, 1.165) is 12.8 Å². The van der Waals surface area contributed by atoms with Crippen molar-refractivity contribution in [3.63, 3.8) is 0 Å². The van der Waals surface area contributed by atoms with Gasteiger partial charge in [0.1, 0.15) is 0 Å². The number of rotatable bonds is 5. The Hall–Kier alpha value is -0.450. The smallest absolute Gasteiger partial charge is 0.198 e. The topological polar surface area (TPSA) is 75.4 Å². The Morgan fingerprint density at radius 2 is 2.27 bits per heavy atom. The quantitative estimate of drug-likeness (QED) is 0.624. The zero-order valence-corrected chi connectivity index (χ0v) is 9.68. The zero-order valence-electron chi connectivity index (χ0n) is 9.68. The van der Waals surface area contributed by atoms with Crippen LogP contribution in [0.4, 0.5) is 0 Å². The highest BCUT2D eigenvalue weighted by Gasteiger charge is 2.47. The summed E-state index contributed by atoms with van der Waals surface area (Å²) in [5.74, 6) is -0.239. The number of carbonyl (C=O) groups excluding carboxylic acids is 1. The van der Waals surface area contributed by atoms with Gasteiger partial charge < -0.3 is 10.8 Å². The van der Waals surface area contributed by atoms with Crippen LogP contribution in [0.1, 0.15) is 46.0 Å². The lowest BCUT2D eigenvalue weighted by atomic mass is 9.81. The first-order valence-electron chi connectivity index (χ1n) is 5.79. The fraction of sp³-hybridized carbons (Fsp3) is 0.909. The molecule has 4 nitrogen and oxygen atoms in total. The van der Waals surface area contributed by atoms with E-state index < -0.39 is 11.3 Å². The van der Waals surface area contributed by atoms with Crippen molar-refractivity contribution in [2.24, 2.45) is 5.73 Å². The molecule has 15 heavy (non-hydrogen) atoms. The summed E-state index contributed by atoms with van der Waals surface area (Å²) in [6.07, 6.45) is 3.37. The van der Waals surface area contributed by atoms with E-state index in [-0.39, 0.29) is 5.78 Å². The van der Waals surface area contributed by atoms with Gasteiger partial charge in [-0.15, -0.1) is 0 Å². The average molecular weight is 214 g/mol. The molecule has 88 valence electrons. The molecule has 2 atom stereocenters. The molecular formula is C11H22N2O2. The van der Waals surface area contributed by atoms with Crippen molar-refractivity contribution in [3.05, 3.63) is 0 Å². The van der Waals surface area contributed by atoms with Gasteiger partial charge in [0.25, 0.3) is 0 Å². The summed E-state index contributed by atoms with van der Waals surface area (Å²) in [6.45, 7) is 4.58. The van der Waals surface area contributed by atoms with Gasteiger partial charge in [0, 0.05) is 0 Å². The van der Waals surface area contributed by atoms with Crippen LogP contribution in [0.2, 0.25) is 0 Å². The number of Topliss-reactive ketones (excluding diaryl/α,β-unsaturated/α-hetero) is 1. The summed E-state index contributed by atoms with van der Waals surface area (Å²) >= 11 is 0. The second kappa shape index (κ2) is 4.60. The number of nitrogens with two attached hydrogens (primary N) is 1. The summed E-state index contributed by atoms with van der Waals surface area (Å²) in [5.41, 5.74) is 3.82. The van der Waals surface area contributed by atoms with Crippen molar-refractivity contribution in [3.8, 4) is 0 Å². The molecule has 4 N–H and O–H groups in total. The first-order valence-corrected chi connectivity index (χ1v) is 5.79. The van der Waals surface area contributed by atoms with Crippen LogP contribution in [0.3, 0.4) is 0 Å². The molecule has 0 bridgehead atoms. The fourth-order valence-corrected chi connectivity index (χ4v) is 2.23. The van der Waals surface area contributed by atoms with Gasteiger partial charge in [-0.1, -0.05) is 20.3 Å². The lowest BCUT2D eigenvalue weighted by molar-refractivity contribution is -0.145. The van der Waals surface area contributed by atoms with Crippen LogP contribution in [0.5, 0.6) is 0 Å². The Kier molecular flexibility index (Phi) is 3.87. The third-order valence-corrected chi connectivity index (χ3v) is 3.29. The van der Waals surface area contributed by atoms with Crippen molar-refractivity contribution in [1.29, 1.82) is 0 Å². The van der Waals surface area contributed by atoms with Crippen molar-refractivity contribution in [2.45, 2.75) is 57.2 Å². The van der Waals surface area contributed by atoms with Crippen LogP contribution in [0.15, 0.2) is 0 Å². The zero-order chi connectivity index (χ0) is 11.5. The molecule has 0 spiro atoms. The Bertz CT molecular complexity index is 237. The molecule has 0 saturated carbocycles. The molecule has 0 aromatic heterocycles. The van der Waals surface area contributed by atoms with E-state index in [4.69, 9.17) is 5.73 Å².